The third kappa shape index (κ3) is 1.03. The van der Waals surface area contributed by atoms with Gasteiger partial charge >= 0.3 is 0 Å². The van der Waals surface area contributed by atoms with Crippen molar-refractivity contribution in [2.24, 2.45) is 11.8 Å². The Morgan fingerprint density at radius 3 is 1.78 bits per heavy atom. The van der Waals surface area contributed by atoms with Crippen molar-refractivity contribution in [2.75, 3.05) is 0 Å². The second-order valence-electron chi connectivity index (χ2n) is 3.41. The molecule has 1 saturated carbocycles. The van der Waals surface area contributed by atoms with Crippen molar-refractivity contribution in [2.45, 2.75) is 32.1 Å². The summed E-state index contributed by atoms with van der Waals surface area (Å²) in [6.07, 6.45) is 12.2. The average molecular weight is 122 g/mol. The number of fused-ring (bicyclic) bond motifs is 3. The summed E-state index contributed by atoms with van der Waals surface area (Å²) >= 11 is 0. The van der Waals surface area contributed by atoms with Crippen molar-refractivity contribution in [1.29, 1.82) is 0 Å². The van der Waals surface area contributed by atoms with Crippen LogP contribution in [0.4, 0.5) is 0 Å². The van der Waals surface area contributed by atoms with Crippen LogP contribution in [0.25, 0.3) is 0 Å². The second-order valence-corrected chi connectivity index (χ2v) is 3.41. The van der Waals surface area contributed by atoms with Gasteiger partial charge < -0.3 is 0 Å². The topological polar surface area (TPSA) is 0 Å². The van der Waals surface area contributed by atoms with E-state index in [9.17, 15) is 0 Å². The van der Waals surface area contributed by atoms with Gasteiger partial charge in [-0.1, -0.05) is 18.6 Å². The molecule has 2 bridgehead atoms. The van der Waals surface area contributed by atoms with Gasteiger partial charge in [0.1, 0.15) is 0 Å². The van der Waals surface area contributed by atoms with Crippen molar-refractivity contribution in [3.63, 3.8) is 0 Å². The predicted octanol–water partition coefficient (Wildman–Crippen LogP) is 2.75. The van der Waals surface area contributed by atoms with E-state index in [1.54, 1.807) is 0 Å². The maximum absolute atomic E-state index is 2.45. The van der Waals surface area contributed by atoms with Gasteiger partial charge in [-0.15, -0.1) is 0 Å². The Morgan fingerprint density at radius 1 is 0.778 bits per heavy atom. The van der Waals surface area contributed by atoms with Crippen LogP contribution in [0.2, 0.25) is 0 Å². The lowest BCUT2D eigenvalue weighted by molar-refractivity contribution is 0.502. The van der Waals surface area contributed by atoms with Gasteiger partial charge in [0.05, 0.1) is 0 Å². The summed E-state index contributed by atoms with van der Waals surface area (Å²) in [4.78, 5) is 0. The van der Waals surface area contributed by atoms with Crippen molar-refractivity contribution in [3.8, 4) is 0 Å². The van der Waals surface area contributed by atoms with Crippen molar-refractivity contribution in [1.82, 2.24) is 0 Å². The molecule has 0 aromatic rings. The molecule has 3 rings (SSSR count). The number of hydrogen-bond donors (Lipinski definition) is 0. The summed E-state index contributed by atoms with van der Waals surface area (Å²) in [5.41, 5.74) is 0. The molecular weight excluding hydrogens is 108 g/mol. The minimum absolute atomic E-state index is 0.962. The fourth-order valence-electron chi connectivity index (χ4n) is 2.06. The Hall–Kier alpha value is -0.260. The quantitative estimate of drug-likeness (QED) is 0.433. The molecule has 2 unspecified atom stereocenters. The third-order valence-electron chi connectivity index (χ3n) is 2.71. The summed E-state index contributed by atoms with van der Waals surface area (Å²) < 4.78 is 0. The van der Waals surface area contributed by atoms with Gasteiger partial charge in [0.25, 0.3) is 0 Å². The van der Waals surface area contributed by atoms with E-state index < -0.39 is 0 Å². The number of hydrogen-bond acceptors (Lipinski definition) is 0. The highest BCUT2D eigenvalue weighted by atomic mass is 14.2. The summed E-state index contributed by atoms with van der Waals surface area (Å²) in [6, 6.07) is 0. The first-order chi connectivity index (χ1) is 4.45. The zero-order valence-electron chi connectivity index (χ0n) is 5.84. The van der Waals surface area contributed by atoms with Gasteiger partial charge in [-0.05, 0) is 37.5 Å². The monoisotopic (exact) mass is 122 g/mol. The van der Waals surface area contributed by atoms with Crippen LogP contribution < -0.4 is 0 Å². The number of rotatable bonds is 0. The van der Waals surface area contributed by atoms with Gasteiger partial charge in [0.2, 0.25) is 0 Å². The summed E-state index contributed by atoms with van der Waals surface area (Å²) in [5, 5.41) is 0. The van der Waals surface area contributed by atoms with Crippen molar-refractivity contribution in [3.05, 3.63) is 12.2 Å². The maximum atomic E-state index is 2.45. The van der Waals surface area contributed by atoms with Crippen molar-refractivity contribution < 1.29 is 0 Å². The van der Waals surface area contributed by atoms with Crippen LogP contribution in [-0.4, -0.2) is 0 Å². The van der Waals surface area contributed by atoms with E-state index in [2.05, 4.69) is 12.2 Å². The molecule has 2 atom stereocenters. The molecule has 0 aromatic carbocycles. The molecule has 0 radical (unpaired) electrons. The van der Waals surface area contributed by atoms with Gasteiger partial charge in [0.15, 0.2) is 0 Å². The van der Waals surface area contributed by atoms with Crippen molar-refractivity contribution >= 4 is 0 Å². The lowest BCUT2D eigenvalue weighted by Crippen LogP contribution is -2.01. The van der Waals surface area contributed by atoms with Crippen LogP contribution >= 0.6 is 0 Å². The Labute approximate surface area is 57.0 Å². The smallest absolute Gasteiger partial charge is 0.0233 e. The molecule has 0 spiro atoms. The zero-order chi connectivity index (χ0) is 6.10. The van der Waals surface area contributed by atoms with E-state index in [-0.39, 0.29) is 0 Å². The van der Waals surface area contributed by atoms with E-state index in [1.165, 1.54) is 32.1 Å². The Kier molecular flexibility index (Phi) is 1.33. The first-order valence-electron chi connectivity index (χ1n) is 4.13. The maximum Gasteiger partial charge on any atom is -0.0233 e. The van der Waals surface area contributed by atoms with Gasteiger partial charge in [-0.25, -0.2) is 0 Å². The largest absolute Gasteiger partial charge is 0.0851 e. The standard InChI is InChI=1S/C9H14/c1-2-8-4-6-9(3-1)7-5-8/h4,6,8-9H,1-3,5,7H2. The van der Waals surface area contributed by atoms with Crippen LogP contribution in [0.15, 0.2) is 12.2 Å². The minimum Gasteiger partial charge on any atom is -0.0851 e. The molecular formula is C9H14. The molecule has 0 nitrogen and oxygen atoms in total. The molecule has 50 valence electrons. The molecule has 1 fully saturated rings. The average Bonchev–Trinajstić information content (AvgIpc) is 2.21. The van der Waals surface area contributed by atoms with Gasteiger partial charge in [-0.2, -0.15) is 0 Å². The van der Waals surface area contributed by atoms with E-state index in [0.717, 1.165) is 11.8 Å². The minimum atomic E-state index is 0.962. The summed E-state index contributed by atoms with van der Waals surface area (Å²) in [6.45, 7) is 0. The zero-order valence-corrected chi connectivity index (χ0v) is 5.84. The Bertz CT molecular complexity index is 106. The lowest BCUT2D eigenvalue weighted by atomic mass is 9.91. The Balaban J connectivity index is 2.15. The molecule has 0 aliphatic heterocycles. The first kappa shape index (κ1) is 5.52. The molecule has 3 aliphatic carbocycles. The number of allylic oxidation sites excluding steroid dienone is 2. The fraction of sp³-hybridized carbons (Fsp3) is 0.778. The van der Waals surface area contributed by atoms with Crippen LogP contribution in [0.1, 0.15) is 32.1 Å². The SMILES string of the molecule is C1=CC2CCCC1CC2. The molecule has 0 saturated heterocycles. The predicted molar refractivity (Wildman–Crippen MR) is 39.2 cm³/mol. The molecule has 0 aromatic heterocycles. The van der Waals surface area contributed by atoms with Crippen LogP contribution in [0.5, 0.6) is 0 Å². The van der Waals surface area contributed by atoms with E-state index >= 15 is 0 Å². The Morgan fingerprint density at radius 2 is 1.33 bits per heavy atom. The summed E-state index contributed by atoms with van der Waals surface area (Å²) in [5.74, 6) is 1.92. The molecule has 0 heteroatoms. The molecule has 0 N–H and O–H groups in total. The first-order valence-corrected chi connectivity index (χ1v) is 4.13. The molecule has 0 heterocycles. The van der Waals surface area contributed by atoms with Gasteiger partial charge in [-0.3, -0.25) is 0 Å². The van der Waals surface area contributed by atoms with Crippen LogP contribution in [-0.2, 0) is 0 Å². The molecule has 9 heavy (non-hydrogen) atoms. The lowest BCUT2D eigenvalue weighted by Gasteiger charge is -2.15. The molecule has 0 amide bonds. The third-order valence-corrected chi connectivity index (χ3v) is 2.71. The van der Waals surface area contributed by atoms with Crippen LogP contribution in [0.3, 0.4) is 0 Å². The van der Waals surface area contributed by atoms with E-state index in [1.807, 2.05) is 0 Å². The van der Waals surface area contributed by atoms with Gasteiger partial charge in [0, 0.05) is 0 Å². The highest BCUT2D eigenvalue weighted by Crippen LogP contribution is 2.33. The fourth-order valence-corrected chi connectivity index (χ4v) is 2.06. The highest BCUT2D eigenvalue weighted by molar-refractivity contribution is 5.00. The molecule has 3 aliphatic rings. The van der Waals surface area contributed by atoms with E-state index in [4.69, 9.17) is 0 Å². The van der Waals surface area contributed by atoms with E-state index in [0.29, 0.717) is 0 Å². The summed E-state index contributed by atoms with van der Waals surface area (Å²) in [7, 11) is 0. The van der Waals surface area contributed by atoms with Crippen LogP contribution in [0, 0.1) is 11.8 Å². The second kappa shape index (κ2) is 2.17. The normalized spacial score (nSPS) is 40.9. The highest BCUT2D eigenvalue weighted by Gasteiger charge is 2.19.